The zero-order valence-corrected chi connectivity index (χ0v) is 11.4. The van der Waals surface area contributed by atoms with Gasteiger partial charge in [-0.2, -0.15) is 4.31 Å². The van der Waals surface area contributed by atoms with Gasteiger partial charge in [0.25, 0.3) is 0 Å². The van der Waals surface area contributed by atoms with Gasteiger partial charge in [0.05, 0.1) is 6.20 Å². The first-order valence-electron chi connectivity index (χ1n) is 6.68. The smallest absolute Gasteiger partial charge is 0.244 e. The summed E-state index contributed by atoms with van der Waals surface area (Å²) in [4.78, 5) is 3.60. The summed E-state index contributed by atoms with van der Waals surface area (Å²) in [6.45, 7) is 1.15. The Morgan fingerprint density at radius 1 is 1.16 bits per heavy atom. The lowest BCUT2D eigenvalue weighted by atomic mass is 9.82. The van der Waals surface area contributed by atoms with Crippen LogP contribution in [-0.4, -0.2) is 30.8 Å². The van der Waals surface area contributed by atoms with Gasteiger partial charge in [-0.1, -0.05) is 12.8 Å². The van der Waals surface area contributed by atoms with Crippen LogP contribution in [0.4, 0.5) is 4.39 Å². The molecule has 2 atom stereocenters. The molecule has 0 aromatic carbocycles. The normalized spacial score (nSPS) is 28.3. The van der Waals surface area contributed by atoms with Crippen LogP contribution >= 0.6 is 0 Å². The molecule has 3 rings (SSSR count). The van der Waals surface area contributed by atoms with Crippen LogP contribution in [0.3, 0.4) is 0 Å². The van der Waals surface area contributed by atoms with E-state index in [9.17, 15) is 12.8 Å². The fourth-order valence-electron chi connectivity index (χ4n) is 3.24. The molecule has 0 bridgehead atoms. The fraction of sp³-hybridized carbons (Fsp3) is 0.615. The number of nitrogens with zero attached hydrogens (tertiary/aromatic N) is 2. The summed E-state index contributed by atoms with van der Waals surface area (Å²) >= 11 is 0. The molecule has 1 aliphatic heterocycles. The molecule has 0 N–H and O–H groups in total. The molecule has 0 spiro atoms. The SMILES string of the molecule is O=S(=O)(c1cncc(F)c1)N1C[C@H]2CCCC[C@@H]2C1. The van der Waals surface area contributed by atoms with Gasteiger partial charge in [-0.05, 0) is 30.7 Å². The molecule has 104 valence electrons. The molecule has 19 heavy (non-hydrogen) atoms. The van der Waals surface area contributed by atoms with Crippen molar-refractivity contribution in [2.75, 3.05) is 13.1 Å². The van der Waals surface area contributed by atoms with Crippen LogP contribution in [-0.2, 0) is 10.0 Å². The van der Waals surface area contributed by atoms with Crippen molar-refractivity contribution in [3.63, 3.8) is 0 Å². The Kier molecular flexibility index (Phi) is 3.30. The molecule has 0 unspecified atom stereocenters. The first-order chi connectivity index (χ1) is 9.07. The number of hydrogen-bond donors (Lipinski definition) is 0. The quantitative estimate of drug-likeness (QED) is 0.835. The van der Waals surface area contributed by atoms with Crippen molar-refractivity contribution in [2.45, 2.75) is 30.6 Å². The molecule has 1 aliphatic carbocycles. The topological polar surface area (TPSA) is 50.3 Å². The second-order valence-electron chi connectivity index (χ2n) is 5.47. The van der Waals surface area contributed by atoms with Crippen molar-refractivity contribution in [3.05, 3.63) is 24.3 Å². The Balaban J connectivity index is 1.85. The highest BCUT2D eigenvalue weighted by Gasteiger charge is 2.40. The Bertz CT molecular complexity index is 562. The van der Waals surface area contributed by atoms with E-state index >= 15 is 0 Å². The highest BCUT2D eigenvalue weighted by atomic mass is 32.2. The van der Waals surface area contributed by atoms with Crippen molar-refractivity contribution in [1.29, 1.82) is 0 Å². The van der Waals surface area contributed by atoms with Crippen molar-refractivity contribution < 1.29 is 12.8 Å². The van der Waals surface area contributed by atoms with E-state index in [0.29, 0.717) is 24.9 Å². The van der Waals surface area contributed by atoms with E-state index < -0.39 is 15.8 Å². The van der Waals surface area contributed by atoms with Gasteiger partial charge in [0.1, 0.15) is 10.7 Å². The number of hydrogen-bond acceptors (Lipinski definition) is 3. The molecule has 0 radical (unpaired) electrons. The molecule has 2 fully saturated rings. The van der Waals surface area contributed by atoms with Gasteiger partial charge in [0.15, 0.2) is 0 Å². The molecule has 1 saturated heterocycles. The summed E-state index contributed by atoms with van der Waals surface area (Å²) in [7, 11) is -3.59. The van der Waals surface area contributed by atoms with Crippen molar-refractivity contribution in [1.82, 2.24) is 9.29 Å². The summed E-state index contributed by atoms with van der Waals surface area (Å²) in [5.41, 5.74) is 0. The molecule has 0 amide bonds. The highest BCUT2D eigenvalue weighted by Crippen LogP contribution is 2.38. The molecule has 1 aromatic rings. The zero-order chi connectivity index (χ0) is 13.5. The zero-order valence-electron chi connectivity index (χ0n) is 10.6. The van der Waals surface area contributed by atoms with E-state index in [1.807, 2.05) is 0 Å². The Labute approximate surface area is 112 Å². The van der Waals surface area contributed by atoms with Gasteiger partial charge in [-0.15, -0.1) is 0 Å². The highest BCUT2D eigenvalue weighted by molar-refractivity contribution is 7.89. The number of sulfonamides is 1. The first-order valence-corrected chi connectivity index (χ1v) is 8.12. The average molecular weight is 284 g/mol. The average Bonchev–Trinajstić information content (AvgIpc) is 2.83. The van der Waals surface area contributed by atoms with E-state index in [1.54, 1.807) is 0 Å². The third kappa shape index (κ3) is 2.39. The maximum absolute atomic E-state index is 13.1. The van der Waals surface area contributed by atoms with E-state index in [0.717, 1.165) is 25.1 Å². The lowest BCUT2D eigenvalue weighted by Gasteiger charge is -2.22. The van der Waals surface area contributed by atoms with Gasteiger partial charge in [0, 0.05) is 19.3 Å². The summed E-state index contributed by atoms with van der Waals surface area (Å²) in [6.07, 6.45) is 6.84. The van der Waals surface area contributed by atoms with Crippen LogP contribution in [0.5, 0.6) is 0 Å². The molecule has 1 saturated carbocycles. The van der Waals surface area contributed by atoms with Crippen LogP contribution in [0.25, 0.3) is 0 Å². The lowest BCUT2D eigenvalue weighted by molar-refractivity contribution is 0.299. The maximum atomic E-state index is 13.1. The summed E-state index contributed by atoms with van der Waals surface area (Å²) in [5, 5.41) is 0. The number of pyridine rings is 1. The van der Waals surface area contributed by atoms with Crippen LogP contribution in [0.1, 0.15) is 25.7 Å². The third-order valence-electron chi connectivity index (χ3n) is 4.26. The van der Waals surface area contributed by atoms with Crippen molar-refractivity contribution in [2.24, 2.45) is 11.8 Å². The van der Waals surface area contributed by atoms with Crippen LogP contribution in [0, 0.1) is 17.7 Å². The molecular formula is C13H17FN2O2S. The number of aromatic nitrogens is 1. The summed E-state index contributed by atoms with van der Waals surface area (Å²) < 4.78 is 39.5. The summed E-state index contributed by atoms with van der Waals surface area (Å²) in [6, 6.07) is 1.05. The van der Waals surface area contributed by atoms with Crippen LogP contribution in [0.15, 0.2) is 23.4 Å². The molecular weight excluding hydrogens is 267 g/mol. The minimum absolute atomic E-state index is 0.0360. The second-order valence-corrected chi connectivity index (χ2v) is 7.40. The van der Waals surface area contributed by atoms with E-state index in [4.69, 9.17) is 0 Å². The number of rotatable bonds is 2. The molecule has 4 nitrogen and oxygen atoms in total. The molecule has 2 heterocycles. The number of halogens is 1. The maximum Gasteiger partial charge on any atom is 0.244 e. The molecule has 6 heteroatoms. The van der Waals surface area contributed by atoms with Crippen molar-refractivity contribution in [3.8, 4) is 0 Å². The lowest BCUT2D eigenvalue weighted by Crippen LogP contribution is -2.29. The molecule has 2 aliphatic rings. The van der Waals surface area contributed by atoms with E-state index in [-0.39, 0.29) is 4.90 Å². The second kappa shape index (κ2) is 4.83. The Morgan fingerprint density at radius 2 is 1.79 bits per heavy atom. The predicted octanol–water partition coefficient (Wildman–Crippen LogP) is 2.03. The van der Waals surface area contributed by atoms with Gasteiger partial charge >= 0.3 is 0 Å². The summed E-state index contributed by atoms with van der Waals surface area (Å²) in [5.74, 6) is 0.341. The van der Waals surface area contributed by atoms with Gasteiger partial charge in [-0.25, -0.2) is 12.8 Å². The number of fused-ring (bicyclic) bond motifs is 1. The Hall–Kier alpha value is -1.01. The molecule has 1 aromatic heterocycles. The minimum Gasteiger partial charge on any atom is -0.260 e. The largest absolute Gasteiger partial charge is 0.260 e. The third-order valence-corrected chi connectivity index (χ3v) is 6.06. The van der Waals surface area contributed by atoms with Crippen LogP contribution in [0.2, 0.25) is 0 Å². The van der Waals surface area contributed by atoms with Crippen LogP contribution < -0.4 is 0 Å². The monoisotopic (exact) mass is 284 g/mol. The predicted molar refractivity (Wildman–Crippen MR) is 68.4 cm³/mol. The standard InChI is InChI=1S/C13H17FN2O2S/c14-12-5-13(7-15-6-12)19(17,18)16-8-10-3-1-2-4-11(10)9-16/h5-7,10-11H,1-4,8-9H2/t10-,11-/m1/s1. The Morgan fingerprint density at radius 3 is 2.37 bits per heavy atom. The first kappa shape index (κ1) is 13.0. The van der Waals surface area contributed by atoms with Gasteiger partial charge < -0.3 is 0 Å². The van der Waals surface area contributed by atoms with Gasteiger partial charge in [-0.3, -0.25) is 4.98 Å². The minimum atomic E-state index is -3.59. The fourth-order valence-corrected chi connectivity index (χ4v) is 4.77. The van der Waals surface area contributed by atoms with Crippen molar-refractivity contribution >= 4 is 10.0 Å². The van der Waals surface area contributed by atoms with E-state index in [2.05, 4.69) is 4.98 Å². The van der Waals surface area contributed by atoms with Gasteiger partial charge in [0.2, 0.25) is 10.0 Å². The van der Waals surface area contributed by atoms with E-state index in [1.165, 1.54) is 23.3 Å².